The van der Waals surface area contributed by atoms with Crippen LogP contribution in [0.25, 0.3) is 0 Å². The molecule has 0 nitrogen and oxygen atoms in total. The fourth-order valence-corrected chi connectivity index (χ4v) is 2.69. The van der Waals surface area contributed by atoms with Gasteiger partial charge in [0.25, 0.3) is 0 Å². The fourth-order valence-electron chi connectivity index (χ4n) is 2.69. The summed E-state index contributed by atoms with van der Waals surface area (Å²) in [5.74, 6) is 0.634. The molecule has 0 heterocycles. The van der Waals surface area contributed by atoms with Gasteiger partial charge in [0.05, 0.1) is 0 Å². The van der Waals surface area contributed by atoms with Crippen LogP contribution in [0, 0.1) is 32.9 Å². The molecule has 0 saturated heterocycles. The zero-order valence-corrected chi connectivity index (χ0v) is 18.5. The normalized spacial score (nSPS) is 17.4. The molecule has 0 aliphatic heterocycles. The van der Waals surface area contributed by atoms with Crippen molar-refractivity contribution in [2.24, 2.45) is 5.92 Å². The van der Waals surface area contributed by atoms with E-state index >= 15 is 0 Å². The van der Waals surface area contributed by atoms with Gasteiger partial charge in [0.1, 0.15) is 0 Å². The predicted octanol–water partition coefficient (Wildman–Crippen LogP) is 5.57. The first-order chi connectivity index (χ1) is 9.78. The fraction of sp³-hybridized carbons (Fsp3) is 0.500. The Balaban J connectivity index is -0.000000340. The van der Waals surface area contributed by atoms with E-state index in [9.17, 15) is 0 Å². The molecule has 0 aromatic carbocycles. The number of rotatable bonds is 4. The average molecular weight is 350 g/mol. The SMILES string of the molecule is CCC1=[C-]C(CC)C(CC)=C1CC.[C-]1=CC=CC1.[CH3-].[CH3-].[SiH2]=[Ti]. The number of hydrogen-bond donors (Lipinski definition) is 0. The minimum absolute atomic E-state index is 0. The Morgan fingerprint density at radius 2 is 1.73 bits per heavy atom. The van der Waals surface area contributed by atoms with Crippen molar-refractivity contribution in [2.75, 3.05) is 0 Å². The van der Waals surface area contributed by atoms with Crippen LogP contribution in [0.4, 0.5) is 0 Å². The summed E-state index contributed by atoms with van der Waals surface area (Å²) in [6, 6.07) is 0. The van der Waals surface area contributed by atoms with Gasteiger partial charge >= 0.3 is 26.8 Å². The molecule has 2 rings (SSSR count). The van der Waals surface area contributed by atoms with Gasteiger partial charge in [-0.25, -0.2) is 17.7 Å². The Labute approximate surface area is 154 Å². The standard InChI is InChI=1S/C13H21.C5H5.2CH3.H2Si.Ti/c1-5-10-9-11(6-2)13(8-4)12(10)7-3;1-2-4-5-3-1;;;;/h10H,5-8H2,1-4H3;1-3H,4H2;2*1H3;1H2;/q4*-1;;. The molecule has 22 heavy (non-hydrogen) atoms. The Kier molecular flexibility index (Phi) is 21.0. The van der Waals surface area contributed by atoms with E-state index in [2.05, 4.69) is 45.9 Å². The summed E-state index contributed by atoms with van der Waals surface area (Å²) in [6.07, 6.45) is 18.4. The van der Waals surface area contributed by atoms with E-state index in [0.29, 0.717) is 5.92 Å². The number of allylic oxidation sites excluding steroid dienone is 8. The molecule has 2 aliphatic carbocycles. The maximum absolute atomic E-state index is 3.63. The van der Waals surface area contributed by atoms with E-state index in [4.69, 9.17) is 0 Å². The van der Waals surface area contributed by atoms with Crippen LogP contribution in [0.15, 0.2) is 34.9 Å². The number of hydrogen-bond acceptors (Lipinski definition) is 0. The van der Waals surface area contributed by atoms with Gasteiger partial charge in [-0.15, -0.1) is 6.42 Å². The molecule has 2 heteroatoms. The molecule has 0 fully saturated rings. The molecule has 1 atom stereocenters. The monoisotopic (exact) mass is 350 g/mol. The average Bonchev–Trinajstić information content (AvgIpc) is 3.18. The summed E-state index contributed by atoms with van der Waals surface area (Å²) in [5, 5.41) is 0. The molecule has 126 valence electrons. The van der Waals surface area contributed by atoms with Crippen molar-refractivity contribution in [2.45, 2.75) is 59.8 Å². The summed E-state index contributed by atoms with van der Waals surface area (Å²) in [4.78, 5) is 0. The Morgan fingerprint density at radius 1 is 1.09 bits per heavy atom. The van der Waals surface area contributed by atoms with Crippen LogP contribution in [-0.2, 0) is 19.2 Å². The van der Waals surface area contributed by atoms with Gasteiger partial charge in [0.15, 0.2) is 0 Å². The van der Waals surface area contributed by atoms with E-state index in [1.54, 1.807) is 11.1 Å². The zero-order chi connectivity index (χ0) is 15.4. The molecule has 0 amide bonds. The van der Waals surface area contributed by atoms with Gasteiger partial charge < -0.3 is 14.9 Å². The molecular weight excluding hydrogens is 316 g/mol. The Hall–Kier alpha value is -0.109. The first-order valence-corrected chi connectivity index (χ1v) is 11.7. The van der Waals surface area contributed by atoms with Gasteiger partial charge in [-0.2, -0.15) is 17.2 Å². The van der Waals surface area contributed by atoms with Crippen molar-refractivity contribution in [1.29, 1.82) is 0 Å². The van der Waals surface area contributed by atoms with Gasteiger partial charge in [0.2, 0.25) is 0 Å². The van der Waals surface area contributed by atoms with Crippen molar-refractivity contribution in [3.63, 3.8) is 0 Å². The third-order valence-corrected chi connectivity index (χ3v) is 3.60. The summed E-state index contributed by atoms with van der Waals surface area (Å²) in [6.45, 7) is 9.04. The van der Waals surface area contributed by atoms with Crippen molar-refractivity contribution in [1.82, 2.24) is 0 Å². The van der Waals surface area contributed by atoms with Crippen LogP contribution >= 0.6 is 0 Å². The quantitative estimate of drug-likeness (QED) is 0.459. The summed E-state index contributed by atoms with van der Waals surface area (Å²) >= 11 is 2.03. The summed E-state index contributed by atoms with van der Waals surface area (Å²) < 4.78 is 0. The molecule has 0 radical (unpaired) electrons. The maximum atomic E-state index is 3.63. The summed E-state index contributed by atoms with van der Waals surface area (Å²) in [5.41, 5.74) is 4.75. The van der Waals surface area contributed by atoms with E-state index in [1.807, 2.05) is 39.0 Å². The molecule has 0 aromatic heterocycles. The van der Waals surface area contributed by atoms with Gasteiger partial charge in [-0.1, -0.05) is 59.3 Å². The van der Waals surface area contributed by atoms with Crippen LogP contribution in [-0.4, -0.2) is 7.63 Å². The second-order valence-corrected chi connectivity index (χ2v) is 4.65. The van der Waals surface area contributed by atoms with E-state index in [-0.39, 0.29) is 14.9 Å². The van der Waals surface area contributed by atoms with Crippen molar-refractivity contribution >= 4 is 7.63 Å². The zero-order valence-electron chi connectivity index (χ0n) is 15.6. The van der Waals surface area contributed by atoms with E-state index in [1.165, 1.54) is 24.8 Å². The predicted molar refractivity (Wildman–Crippen MR) is 101 cm³/mol. The van der Waals surface area contributed by atoms with Crippen LogP contribution in [0.5, 0.6) is 0 Å². The second-order valence-electron chi connectivity index (χ2n) is 4.65. The van der Waals surface area contributed by atoms with Gasteiger partial charge in [-0.05, 0) is 0 Å². The van der Waals surface area contributed by atoms with Crippen LogP contribution in [0.1, 0.15) is 59.8 Å². The molecule has 0 bridgehead atoms. The first kappa shape index (κ1) is 26.8. The van der Waals surface area contributed by atoms with E-state index in [0.717, 1.165) is 12.8 Å². The molecule has 0 saturated carbocycles. The molecule has 0 spiro atoms. The molecular formula is C20H34SiTi-4. The van der Waals surface area contributed by atoms with Gasteiger partial charge in [0, 0.05) is 0 Å². The first-order valence-electron chi connectivity index (χ1n) is 7.70. The van der Waals surface area contributed by atoms with Crippen LogP contribution < -0.4 is 0 Å². The Bertz CT molecular complexity index is 379. The van der Waals surface area contributed by atoms with Crippen LogP contribution in [0.2, 0.25) is 0 Å². The molecule has 0 N–H and O–H groups in total. The molecule has 2 aliphatic rings. The summed E-state index contributed by atoms with van der Waals surface area (Å²) in [7, 11) is 1.86. The molecule has 1 unspecified atom stereocenters. The molecule has 0 aromatic rings. The topological polar surface area (TPSA) is 0 Å². The van der Waals surface area contributed by atoms with Crippen molar-refractivity contribution in [3.8, 4) is 0 Å². The third kappa shape index (κ3) is 8.50. The third-order valence-electron chi connectivity index (χ3n) is 3.60. The Morgan fingerprint density at radius 3 is 2.00 bits per heavy atom. The van der Waals surface area contributed by atoms with Crippen LogP contribution in [0.3, 0.4) is 0 Å². The minimum atomic E-state index is 0. The van der Waals surface area contributed by atoms with Gasteiger partial charge in [-0.3, -0.25) is 12.2 Å². The van der Waals surface area contributed by atoms with Crippen molar-refractivity contribution < 1.29 is 19.2 Å². The van der Waals surface area contributed by atoms with E-state index < -0.39 is 0 Å². The second kappa shape index (κ2) is 17.2. The van der Waals surface area contributed by atoms with Crippen molar-refractivity contribution in [3.05, 3.63) is 62.0 Å².